The number of likely N-dealkylation sites (tertiary alicyclic amines) is 1. The van der Waals surface area contributed by atoms with Gasteiger partial charge in [-0.15, -0.1) is 0 Å². The third kappa shape index (κ3) is 5.31. The zero-order valence-electron chi connectivity index (χ0n) is 14.1. The molecule has 2 rings (SSSR count). The van der Waals surface area contributed by atoms with E-state index in [1.807, 2.05) is 23.1 Å². The van der Waals surface area contributed by atoms with Crippen molar-refractivity contribution in [1.29, 1.82) is 0 Å². The standard InChI is InChI=1S/C19H28ClNO/c1-19(2,3)11-9-15-6-5-12-21(13-10-15)18(22)16-7-4-8-17(20)14-16/h4,7-8,14-15H,5-6,9-13H2,1-3H3. The van der Waals surface area contributed by atoms with Crippen molar-refractivity contribution >= 4 is 17.5 Å². The Morgan fingerprint density at radius 3 is 2.73 bits per heavy atom. The summed E-state index contributed by atoms with van der Waals surface area (Å²) in [4.78, 5) is 14.6. The first-order valence-corrected chi connectivity index (χ1v) is 8.78. The van der Waals surface area contributed by atoms with E-state index in [0.29, 0.717) is 16.0 Å². The lowest BCUT2D eigenvalue weighted by molar-refractivity contribution is 0.0759. The number of nitrogens with zero attached hydrogens (tertiary/aromatic N) is 1. The molecule has 122 valence electrons. The largest absolute Gasteiger partial charge is 0.339 e. The predicted octanol–water partition coefficient (Wildman–Crippen LogP) is 5.41. The van der Waals surface area contributed by atoms with Crippen LogP contribution in [0.3, 0.4) is 0 Å². The Balaban J connectivity index is 1.91. The first-order chi connectivity index (χ1) is 10.3. The molecule has 22 heavy (non-hydrogen) atoms. The molecule has 0 saturated carbocycles. The Labute approximate surface area is 139 Å². The highest BCUT2D eigenvalue weighted by atomic mass is 35.5. The van der Waals surface area contributed by atoms with Gasteiger partial charge in [0.15, 0.2) is 0 Å². The van der Waals surface area contributed by atoms with E-state index in [4.69, 9.17) is 11.6 Å². The van der Waals surface area contributed by atoms with Crippen LogP contribution in [0.25, 0.3) is 0 Å². The molecule has 1 amide bonds. The molecule has 0 aromatic heterocycles. The maximum Gasteiger partial charge on any atom is 0.253 e. The Bertz CT molecular complexity index is 506. The zero-order valence-corrected chi connectivity index (χ0v) is 14.8. The summed E-state index contributed by atoms with van der Waals surface area (Å²) in [6.45, 7) is 8.66. The predicted molar refractivity (Wildman–Crippen MR) is 93.4 cm³/mol. The lowest BCUT2D eigenvalue weighted by atomic mass is 9.84. The normalized spacial score (nSPS) is 19.8. The molecule has 1 aromatic carbocycles. The molecule has 1 unspecified atom stereocenters. The number of benzene rings is 1. The number of amides is 1. The van der Waals surface area contributed by atoms with Crippen molar-refractivity contribution in [2.24, 2.45) is 11.3 Å². The SMILES string of the molecule is CC(C)(C)CCC1CCCN(C(=O)c2cccc(Cl)c2)CC1. The fourth-order valence-corrected chi connectivity index (χ4v) is 3.29. The lowest BCUT2D eigenvalue weighted by Gasteiger charge is -2.23. The van der Waals surface area contributed by atoms with Gasteiger partial charge >= 0.3 is 0 Å². The molecule has 1 aromatic rings. The second kappa shape index (κ2) is 7.50. The average Bonchev–Trinajstić information content (AvgIpc) is 2.69. The van der Waals surface area contributed by atoms with E-state index in [1.165, 1.54) is 19.3 Å². The van der Waals surface area contributed by atoms with Crippen molar-refractivity contribution in [3.05, 3.63) is 34.9 Å². The van der Waals surface area contributed by atoms with Crippen LogP contribution in [-0.4, -0.2) is 23.9 Å². The minimum Gasteiger partial charge on any atom is -0.339 e. The summed E-state index contributed by atoms with van der Waals surface area (Å²) in [5.74, 6) is 0.885. The van der Waals surface area contributed by atoms with E-state index >= 15 is 0 Å². The van der Waals surface area contributed by atoms with Crippen LogP contribution < -0.4 is 0 Å². The molecule has 3 heteroatoms. The van der Waals surface area contributed by atoms with Gasteiger partial charge in [0.05, 0.1) is 0 Å². The van der Waals surface area contributed by atoms with E-state index in [2.05, 4.69) is 20.8 Å². The van der Waals surface area contributed by atoms with Crippen molar-refractivity contribution in [3.8, 4) is 0 Å². The van der Waals surface area contributed by atoms with Crippen LogP contribution in [0.4, 0.5) is 0 Å². The maximum atomic E-state index is 12.6. The van der Waals surface area contributed by atoms with Gasteiger partial charge in [0.1, 0.15) is 0 Å². The average molecular weight is 322 g/mol. The molecule has 0 bridgehead atoms. The van der Waals surface area contributed by atoms with Crippen LogP contribution >= 0.6 is 11.6 Å². The quantitative estimate of drug-likeness (QED) is 0.729. The van der Waals surface area contributed by atoms with Crippen molar-refractivity contribution in [1.82, 2.24) is 4.90 Å². The topological polar surface area (TPSA) is 20.3 Å². The van der Waals surface area contributed by atoms with E-state index in [1.54, 1.807) is 6.07 Å². The molecule has 1 aliphatic heterocycles. The maximum absolute atomic E-state index is 12.6. The summed E-state index contributed by atoms with van der Waals surface area (Å²) >= 11 is 6.00. The molecule has 1 atom stereocenters. The summed E-state index contributed by atoms with van der Waals surface area (Å²) in [5, 5.41) is 0.628. The van der Waals surface area contributed by atoms with E-state index in [0.717, 1.165) is 31.8 Å². The Kier molecular flexibility index (Phi) is 5.91. The number of hydrogen-bond acceptors (Lipinski definition) is 1. The van der Waals surface area contributed by atoms with E-state index < -0.39 is 0 Å². The summed E-state index contributed by atoms with van der Waals surface area (Å²) in [6.07, 6.45) is 6.03. The van der Waals surface area contributed by atoms with Crippen molar-refractivity contribution in [2.75, 3.05) is 13.1 Å². The molecular formula is C19H28ClNO. The zero-order chi connectivity index (χ0) is 16.2. The molecule has 0 radical (unpaired) electrons. The third-order valence-electron chi connectivity index (χ3n) is 4.51. The number of rotatable bonds is 3. The molecular weight excluding hydrogens is 294 g/mol. The van der Waals surface area contributed by atoms with Gasteiger partial charge in [-0.05, 0) is 61.6 Å². The van der Waals surface area contributed by atoms with Gasteiger partial charge in [-0.25, -0.2) is 0 Å². The van der Waals surface area contributed by atoms with Crippen LogP contribution in [0.15, 0.2) is 24.3 Å². The fraction of sp³-hybridized carbons (Fsp3) is 0.632. The highest BCUT2D eigenvalue weighted by Crippen LogP contribution is 2.29. The summed E-state index contributed by atoms with van der Waals surface area (Å²) < 4.78 is 0. The molecule has 0 spiro atoms. The fourth-order valence-electron chi connectivity index (χ4n) is 3.10. The van der Waals surface area contributed by atoms with E-state index in [9.17, 15) is 4.79 Å². The molecule has 1 heterocycles. The van der Waals surface area contributed by atoms with Crippen molar-refractivity contribution in [3.63, 3.8) is 0 Å². The van der Waals surface area contributed by atoms with E-state index in [-0.39, 0.29) is 5.91 Å². The minimum absolute atomic E-state index is 0.124. The van der Waals surface area contributed by atoms with Crippen LogP contribution in [0.2, 0.25) is 5.02 Å². The molecule has 1 saturated heterocycles. The Hall–Kier alpha value is -1.02. The first kappa shape index (κ1) is 17.3. The highest BCUT2D eigenvalue weighted by Gasteiger charge is 2.23. The second-order valence-corrected chi connectivity index (χ2v) is 8.14. The van der Waals surface area contributed by atoms with Gasteiger partial charge in [0, 0.05) is 23.7 Å². The highest BCUT2D eigenvalue weighted by molar-refractivity contribution is 6.30. The van der Waals surface area contributed by atoms with Gasteiger partial charge in [-0.2, -0.15) is 0 Å². The molecule has 1 aliphatic rings. The van der Waals surface area contributed by atoms with Gasteiger partial charge < -0.3 is 4.90 Å². The van der Waals surface area contributed by atoms with Crippen LogP contribution in [0.1, 0.15) is 63.2 Å². The number of carbonyl (C=O) groups is 1. The molecule has 0 N–H and O–H groups in total. The van der Waals surface area contributed by atoms with Crippen molar-refractivity contribution in [2.45, 2.75) is 52.9 Å². The van der Waals surface area contributed by atoms with Gasteiger partial charge in [0.25, 0.3) is 5.91 Å². The van der Waals surface area contributed by atoms with Crippen molar-refractivity contribution < 1.29 is 4.79 Å². The lowest BCUT2D eigenvalue weighted by Crippen LogP contribution is -2.32. The van der Waals surface area contributed by atoms with Gasteiger partial charge in [-0.3, -0.25) is 4.79 Å². The summed E-state index contributed by atoms with van der Waals surface area (Å²) in [7, 11) is 0. The molecule has 1 fully saturated rings. The number of hydrogen-bond donors (Lipinski definition) is 0. The molecule has 2 nitrogen and oxygen atoms in total. The number of carbonyl (C=O) groups excluding carboxylic acids is 1. The summed E-state index contributed by atoms with van der Waals surface area (Å²) in [5.41, 5.74) is 1.11. The number of halogens is 1. The van der Waals surface area contributed by atoms with Crippen LogP contribution in [0, 0.1) is 11.3 Å². The summed E-state index contributed by atoms with van der Waals surface area (Å²) in [6, 6.07) is 7.28. The minimum atomic E-state index is 0.124. The third-order valence-corrected chi connectivity index (χ3v) is 4.74. The van der Waals surface area contributed by atoms with Gasteiger partial charge in [0.2, 0.25) is 0 Å². The monoisotopic (exact) mass is 321 g/mol. The van der Waals surface area contributed by atoms with Gasteiger partial charge in [-0.1, -0.05) is 38.4 Å². The Morgan fingerprint density at radius 2 is 2.05 bits per heavy atom. The Morgan fingerprint density at radius 1 is 1.27 bits per heavy atom. The van der Waals surface area contributed by atoms with Crippen LogP contribution in [0.5, 0.6) is 0 Å². The second-order valence-electron chi connectivity index (χ2n) is 7.70. The first-order valence-electron chi connectivity index (χ1n) is 8.40. The van der Waals surface area contributed by atoms with Crippen LogP contribution in [-0.2, 0) is 0 Å². The smallest absolute Gasteiger partial charge is 0.253 e. The molecule has 0 aliphatic carbocycles.